The van der Waals surface area contributed by atoms with Gasteiger partial charge in [0.15, 0.2) is 5.69 Å². The van der Waals surface area contributed by atoms with Gasteiger partial charge in [-0.1, -0.05) is 6.92 Å². The predicted molar refractivity (Wildman–Crippen MR) is 51.7 cm³/mol. The lowest BCUT2D eigenvalue weighted by atomic mass is 10.1. The van der Waals surface area contributed by atoms with Gasteiger partial charge in [0.2, 0.25) is 0 Å². The number of hydrogen-bond donors (Lipinski definition) is 1. The molecule has 1 aromatic heterocycles. The Balaban J connectivity index is 2.76. The summed E-state index contributed by atoms with van der Waals surface area (Å²) in [4.78, 5) is 3.48. The summed E-state index contributed by atoms with van der Waals surface area (Å²) in [5.41, 5.74) is 2.81. The molecule has 0 aliphatic heterocycles. The minimum atomic E-state index is 0.733. The van der Waals surface area contributed by atoms with E-state index in [0.29, 0.717) is 0 Å². The van der Waals surface area contributed by atoms with Crippen LogP contribution in [0.4, 0.5) is 5.69 Å². The quantitative estimate of drug-likeness (QED) is 0.657. The van der Waals surface area contributed by atoms with Crippen LogP contribution in [0.15, 0.2) is 18.3 Å². The molecule has 0 fully saturated rings. The molecule has 0 aliphatic carbocycles. The Morgan fingerprint density at radius 1 is 1.54 bits per heavy atom. The molecular weight excluding hydrogens is 162 g/mol. The maximum atomic E-state index is 7.01. The topological polar surface area (TPSA) is 33.0 Å². The standard InChI is InChI=1S/C10H9N3/c1-3-7-4-10-8(6-12-13-10)5-9(7)11-2/h4-6H,3H2,1H3,(H,12,13). The van der Waals surface area contributed by atoms with E-state index in [0.717, 1.165) is 28.6 Å². The number of hydrogen-bond acceptors (Lipinski definition) is 1. The third kappa shape index (κ3) is 1.17. The second-order valence-corrected chi connectivity index (χ2v) is 2.90. The minimum absolute atomic E-state index is 0.733. The third-order valence-corrected chi connectivity index (χ3v) is 2.14. The molecule has 0 spiro atoms. The summed E-state index contributed by atoms with van der Waals surface area (Å²) in [6.07, 6.45) is 2.62. The van der Waals surface area contributed by atoms with Crippen LogP contribution in [0, 0.1) is 6.57 Å². The smallest absolute Gasteiger partial charge is 0.191 e. The van der Waals surface area contributed by atoms with Gasteiger partial charge in [-0.3, -0.25) is 5.10 Å². The lowest BCUT2D eigenvalue weighted by Gasteiger charge is -1.99. The van der Waals surface area contributed by atoms with Crippen LogP contribution in [0.3, 0.4) is 0 Å². The maximum absolute atomic E-state index is 7.01. The Hall–Kier alpha value is -1.82. The molecule has 0 saturated carbocycles. The zero-order valence-corrected chi connectivity index (χ0v) is 7.33. The van der Waals surface area contributed by atoms with Crippen molar-refractivity contribution in [2.45, 2.75) is 13.3 Å². The van der Waals surface area contributed by atoms with Crippen molar-refractivity contribution in [3.8, 4) is 0 Å². The summed E-state index contributed by atoms with van der Waals surface area (Å²) in [6.45, 7) is 9.06. The summed E-state index contributed by atoms with van der Waals surface area (Å²) < 4.78 is 0. The number of benzene rings is 1. The number of fused-ring (bicyclic) bond motifs is 1. The van der Waals surface area contributed by atoms with E-state index in [1.807, 2.05) is 19.1 Å². The molecule has 0 radical (unpaired) electrons. The van der Waals surface area contributed by atoms with Crippen molar-refractivity contribution in [3.05, 3.63) is 35.3 Å². The predicted octanol–water partition coefficient (Wildman–Crippen LogP) is 2.68. The Kier molecular flexibility index (Phi) is 1.75. The van der Waals surface area contributed by atoms with E-state index in [1.54, 1.807) is 6.20 Å². The molecule has 1 heterocycles. The summed E-state index contributed by atoms with van der Waals surface area (Å²) in [5.74, 6) is 0. The SMILES string of the molecule is [C-]#[N+]c1cc2cn[nH]c2cc1CC. The molecule has 0 aliphatic rings. The van der Waals surface area contributed by atoms with Gasteiger partial charge in [0.1, 0.15) is 0 Å². The largest absolute Gasteiger partial charge is 0.278 e. The van der Waals surface area contributed by atoms with E-state index >= 15 is 0 Å². The van der Waals surface area contributed by atoms with Gasteiger partial charge in [0.05, 0.1) is 18.3 Å². The van der Waals surface area contributed by atoms with Gasteiger partial charge in [-0.25, -0.2) is 4.85 Å². The number of aromatic nitrogens is 2. The lowest BCUT2D eigenvalue weighted by molar-refractivity contribution is 1.11. The summed E-state index contributed by atoms with van der Waals surface area (Å²) in [7, 11) is 0. The van der Waals surface area contributed by atoms with Gasteiger partial charge in [-0.05, 0) is 24.1 Å². The Bertz CT molecular complexity index is 476. The number of nitrogens with one attached hydrogen (secondary N) is 1. The molecule has 0 bridgehead atoms. The van der Waals surface area contributed by atoms with Crippen LogP contribution in [-0.2, 0) is 6.42 Å². The number of nitrogens with zero attached hydrogens (tertiary/aromatic N) is 2. The van der Waals surface area contributed by atoms with Crippen molar-refractivity contribution in [1.82, 2.24) is 10.2 Å². The number of aromatic amines is 1. The van der Waals surface area contributed by atoms with Crippen LogP contribution in [0.5, 0.6) is 0 Å². The normalized spacial score (nSPS) is 10.2. The molecule has 3 heteroatoms. The van der Waals surface area contributed by atoms with E-state index in [1.165, 1.54) is 0 Å². The van der Waals surface area contributed by atoms with Crippen molar-refractivity contribution in [2.75, 3.05) is 0 Å². The molecule has 2 aromatic rings. The van der Waals surface area contributed by atoms with Crippen molar-refractivity contribution in [2.24, 2.45) is 0 Å². The van der Waals surface area contributed by atoms with E-state index in [9.17, 15) is 0 Å². The molecule has 0 atom stereocenters. The van der Waals surface area contributed by atoms with Crippen LogP contribution in [0.1, 0.15) is 12.5 Å². The first-order valence-electron chi connectivity index (χ1n) is 4.18. The third-order valence-electron chi connectivity index (χ3n) is 2.14. The molecule has 1 N–H and O–H groups in total. The van der Waals surface area contributed by atoms with Gasteiger partial charge >= 0.3 is 0 Å². The fraction of sp³-hybridized carbons (Fsp3) is 0.200. The van der Waals surface area contributed by atoms with Crippen molar-refractivity contribution < 1.29 is 0 Å². The minimum Gasteiger partial charge on any atom is -0.278 e. The Labute approximate surface area is 76.2 Å². The monoisotopic (exact) mass is 171 g/mol. The average molecular weight is 171 g/mol. The van der Waals surface area contributed by atoms with E-state index in [-0.39, 0.29) is 0 Å². The maximum Gasteiger partial charge on any atom is 0.191 e. The molecule has 3 nitrogen and oxygen atoms in total. The second-order valence-electron chi connectivity index (χ2n) is 2.90. The van der Waals surface area contributed by atoms with Crippen molar-refractivity contribution in [3.63, 3.8) is 0 Å². The van der Waals surface area contributed by atoms with E-state index in [4.69, 9.17) is 6.57 Å². The van der Waals surface area contributed by atoms with Gasteiger partial charge in [-0.15, -0.1) is 0 Å². The molecule has 64 valence electrons. The summed E-state index contributed by atoms with van der Waals surface area (Å²) in [5, 5.41) is 7.82. The average Bonchev–Trinajstić information content (AvgIpc) is 2.62. The molecule has 13 heavy (non-hydrogen) atoms. The van der Waals surface area contributed by atoms with Crippen LogP contribution in [-0.4, -0.2) is 10.2 Å². The zero-order valence-electron chi connectivity index (χ0n) is 7.33. The summed E-state index contributed by atoms with van der Waals surface area (Å²) >= 11 is 0. The number of rotatable bonds is 1. The van der Waals surface area contributed by atoms with Crippen LogP contribution in [0.2, 0.25) is 0 Å². The summed E-state index contributed by atoms with van der Waals surface area (Å²) in [6, 6.07) is 3.88. The number of aryl methyl sites for hydroxylation is 1. The zero-order chi connectivity index (χ0) is 9.26. The van der Waals surface area contributed by atoms with Crippen molar-refractivity contribution >= 4 is 16.6 Å². The van der Waals surface area contributed by atoms with Gasteiger partial charge in [0, 0.05) is 5.39 Å². The lowest BCUT2D eigenvalue weighted by Crippen LogP contribution is -1.80. The molecule has 0 saturated heterocycles. The molecule has 0 amide bonds. The highest BCUT2D eigenvalue weighted by molar-refractivity contribution is 5.83. The van der Waals surface area contributed by atoms with Crippen LogP contribution < -0.4 is 0 Å². The van der Waals surface area contributed by atoms with Crippen LogP contribution in [0.25, 0.3) is 15.7 Å². The molecule has 1 aromatic carbocycles. The molecular formula is C10H9N3. The fourth-order valence-corrected chi connectivity index (χ4v) is 1.41. The first-order valence-corrected chi connectivity index (χ1v) is 4.18. The highest BCUT2D eigenvalue weighted by Gasteiger charge is 2.03. The molecule has 0 unspecified atom stereocenters. The Morgan fingerprint density at radius 3 is 3.08 bits per heavy atom. The Morgan fingerprint density at radius 2 is 2.38 bits per heavy atom. The van der Waals surface area contributed by atoms with Crippen molar-refractivity contribution in [1.29, 1.82) is 0 Å². The first kappa shape index (κ1) is 7.81. The first-order chi connectivity index (χ1) is 6.35. The van der Waals surface area contributed by atoms with Gasteiger partial charge < -0.3 is 0 Å². The van der Waals surface area contributed by atoms with Gasteiger partial charge in [-0.2, -0.15) is 5.10 Å². The van der Waals surface area contributed by atoms with Crippen LogP contribution >= 0.6 is 0 Å². The van der Waals surface area contributed by atoms with E-state index < -0.39 is 0 Å². The fourth-order valence-electron chi connectivity index (χ4n) is 1.41. The molecule has 2 rings (SSSR count). The highest BCUT2D eigenvalue weighted by Crippen LogP contribution is 2.25. The highest BCUT2D eigenvalue weighted by atomic mass is 15.1. The van der Waals surface area contributed by atoms with Gasteiger partial charge in [0.25, 0.3) is 0 Å². The van der Waals surface area contributed by atoms with E-state index in [2.05, 4.69) is 15.0 Å². The second kappa shape index (κ2) is 2.91. The number of H-pyrrole nitrogens is 1.